The molecule has 0 aliphatic heterocycles. The van der Waals surface area contributed by atoms with Crippen molar-refractivity contribution in [2.75, 3.05) is 0 Å². The maximum absolute atomic E-state index is 12.1. The first-order valence-corrected chi connectivity index (χ1v) is 7.73. The first kappa shape index (κ1) is 15.6. The van der Waals surface area contributed by atoms with Crippen LogP contribution in [0.4, 0.5) is 4.79 Å². The van der Waals surface area contributed by atoms with Crippen LogP contribution in [0, 0.1) is 0 Å². The van der Waals surface area contributed by atoms with Gasteiger partial charge in [-0.2, -0.15) is 0 Å². The third kappa shape index (κ3) is 4.33. The number of hydrogen-bond donors (Lipinski definition) is 2. The molecule has 2 N–H and O–H groups in total. The van der Waals surface area contributed by atoms with E-state index < -0.39 is 0 Å². The summed E-state index contributed by atoms with van der Waals surface area (Å²) < 4.78 is 0.994. The zero-order chi connectivity index (χ0) is 15.2. The van der Waals surface area contributed by atoms with Crippen LogP contribution in [0.1, 0.15) is 37.1 Å². The van der Waals surface area contributed by atoms with Crippen LogP contribution in [0.3, 0.4) is 0 Å². The number of carbonyl (C=O) groups excluding carboxylic acids is 1. The lowest BCUT2D eigenvalue weighted by atomic mass is 10.1. The fourth-order valence-electron chi connectivity index (χ4n) is 2.16. The van der Waals surface area contributed by atoms with E-state index in [-0.39, 0.29) is 18.1 Å². The molecule has 2 amide bonds. The summed E-state index contributed by atoms with van der Waals surface area (Å²) >= 11 is 3.50. The van der Waals surface area contributed by atoms with Crippen molar-refractivity contribution in [3.63, 3.8) is 0 Å². The van der Waals surface area contributed by atoms with Crippen LogP contribution >= 0.6 is 15.9 Å². The van der Waals surface area contributed by atoms with Crippen LogP contribution in [-0.2, 0) is 0 Å². The van der Waals surface area contributed by atoms with Crippen molar-refractivity contribution in [2.24, 2.45) is 0 Å². The topological polar surface area (TPSA) is 41.1 Å². The third-order valence-corrected chi connectivity index (χ3v) is 4.09. The summed E-state index contributed by atoms with van der Waals surface area (Å²) in [5.41, 5.74) is 2.14. The van der Waals surface area contributed by atoms with Gasteiger partial charge in [-0.25, -0.2) is 4.79 Å². The number of urea groups is 1. The van der Waals surface area contributed by atoms with E-state index in [1.54, 1.807) is 0 Å². The van der Waals surface area contributed by atoms with E-state index in [1.807, 2.05) is 68.4 Å². The lowest BCUT2D eigenvalue weighted by Gasteiger charge is -2.19. The Morgan fingerprint density at radius 2 is 1.48 bits per heavy atom. The van der Waals surface area contributed by atoms with E-state index in [1.165, 1.54) is 0 Å². The predicted octanol–water partition coefficient (Wildman–Crippen LogP) is 4.57. The van der Waals surface area contributed by atoms with Crippen molar-refractivity contribution in [1.82, 2.24) is 10.6 Å². The Kier molecular flexibility index (Phi) is 5.39. The Labute approximate surface area is 133 Å². The molecule has 0 aliphatic carbocycles. The highest BCUT2D eigenvalue weighted by Crippen LogP contribution is 2.22. The molecule has 2 aromatic carbocycles. The molecular formula is C17H19BrN2O. The van der Waals surface area contributed by atoms with Crippen LogP contribution in [-0.4, -0.2) is 6.03 Å². The number of halogens is 1. The van der Waals surface area contributed by atoms with E-state index in [9.17, 15) is 4.79 Å². The number of nitrogens with one attached hydrogen (secondary N) is 2. The molecule has 2 unspecified atom stereocenters. The third-order valence-electron chi connectivity index (χ3n) is 3.37. The minimum atomic E-state index is -0.172. The van der Waals surface area contributed by atoms with Gasteiger partial charge in [-0.1, -0.05) is 64.5 Å². The van der Waals surface area contributed by atoms with Gasteiger partial charge in [0.1, 0.15) is 0 Å². The van der Waals surface area contributed by atoms with Gasteiger partial charge in [0.05, 0.1) is 12.1 Å². The second-order valence-electron chi connectivity index (χ2n) is 4.99. The van der Waals surface area contributed by atoms with Gasteiger partial charge >= 0.3 is 6.03 Å². The van der Waals surface area contributed by atoms with E-state index in [0.717, 1.165) is 15.6 Å². The highest BCUT2D eigenvalue weighted by molar-refractivity contribution is 9.10. The Balaban J connectivity index is 1.94. The average molecular weight is 347 g/mol. The van der Waals surface area contributed by atoms with Gasteiger partial charge in [0, 0.05) is 4.47 Å². The van der Waals surface area contributed by atoms with Gasteiger partial charge in [-0.3, -0.25) is 0 Å². The first-order valence-electron chi connectivity index (χ1n) is 6.94. The van der Waals surface area contributed by atoms with Gasteiger partial charge in [0.2, 0.25) is 0 Å². The normalized spacial score (nSPS) is 13.3. The maximum atomic E-state index is 12.1. The van der Waals surface area contributed by atoms with Crippen LogP contribution in [0.25, 0.3) is 0 Å². The van der Waals surface area contributed by atoms with Crippen LogP contribution in [0.2, 0.25) is 0 Å². The van der Waals surface area contributed by atoms with Crippen molar-refractivity contribution >= 4 is 22.0 Å². The summed E-state index contributed by atoms with van der Waals surface area (Å²) in [5, 5.41) is 5.91. The zero-order valence-corrected chi connectivity index (χ0v) is 13.7. The quantitative estimate of drug-likeness (QED) is 0.836. The second-order valence-corrected chi connectivity index (χ2v) is 5.85. The van der Waals surface area contributed by atoms with Crippen molar-refractivity contribution in [1.29, 1.82) is 0 Å². The molecule has 2 aromatic rings. The fourth-order valence-corrected chi connectivity index (χ4v) is 2.79. The molecule has 0 aromatic heterocycles. The summed E-state index contributed by atoms with van der Waals surface area (Å²) in [6, 6.07) is 17.5. The summed E-state index contributed by atoms with van der Waals surface area (Å²) in [5.74, 6) is 0. The number of benzene rings is 2. The van der Waals surface area contributed by atoms with E-state index in [0.29, 0.717) is 0 Å². The molecule has 0 radical (unpaired) electrons. The Morgan fingerprint density at radius 3 is 2.14 bits per heavy atom. The van der Waals surface area contributed by atoms with Gasteiger partial charge in [-0.15, -0.1) is 0 Å². The maximum Gasteiger partial charge on any atom is 0.315 e. The van der Waals surface area contributed by atoms with E-state index >= 15 is 0 Å². The highest BCUT2D eigenvalue weighted by atomic mass is 79.9. The number of hydrogen-bond acceptors (Lipinski definition) is 1. The summed E-state index contributed by atoms with van der Waals surface area (Å²) in [7, 11) is 0. The minimum Gasteiger partial charge on any atom is -0.332 e. The number of rotatable bonds is 4. The summed E-state index contributed by atoms with van der Waals surface area (Å²) in [6.07, 6.45) is 0. The van der Waals surface area contributed by atoms with Crippen molar-refractivity contribution in [3.8, 4) is 0 Å². The van der Waals surface area contributed by atoms with Gasteiger partial charge < -0.3 is 10.6 Å². The van der Waals surface area contributed by atoms with Gasteiger partial charge in [-0.05, 0) is 31.0 Å². The second kappa shape index (κ2) is 7.27. The standard InChI is InChI=1S/C17H19BrN2O/c1-12(14-8-4-3-5-9-14)19-17(21)20-13(2)15-10-6-7-11-16(15)18/h3-13H,1-2H3,(H2,19,20,21). The molecular weight excluding hydrogens is 328 g/mol. The Morgan fingerprint density at radius 1 is 0.905 bits per heavy atom. The van der Waals surface area contributed by atoms with Gasteiger partial charge in [0.15, 0.2) is 0 Å². The first-order chi connectivity index (χ1) is 10.1. The molecule has 4 heteroatoms. The Bertz CT molecular complexity index is 601. The molecule has 21 heavy (non-hydrogen) atoms. The molecule has 0 aliphatic rings. The molecule has 110 valence electrons. The smallest absolute Gasteiger partial charge is 0.315 e. The molecule has 0 bridgehead atoms. The summed E-state index contributed by atoms with van der Waals surface area (Å²) in [6.45, 7) is 3.94. The monoisotopic (exact) mass is 346 g/mol. The summed E-state index contributed by atoms with van der Waals surface area (Å²) in [4.78, 5) is 12.1. The van der Waals surface area contributed by atoms with Crippen LogP contribution in [0.5, 0.6) is 0 Å². The molecule has 0 heterocycles. The SMILES string of the molecule is CC(NC(=O)NC(C)c1ccccc1Br)c1ccccc1. The lowest BCUT2D eigenvalue weighted by molar-refractivity contribution is 0.235. The number of amides is 2. The van der Waals surface area contributed by atoms with Crippen molar-refractivity contribution in [2.45, 2.75) is 25.9 Å². The molecule has 2 atom stereocenters. The average Bonchev–Trinajstić information content (AvgIpc) is 2.48. The highest BCUT2D eigenvalue weighted by Gasteiger charge is 2.14. The largest absolute Gasteiger partial charge is 0.332 e. The molecule has 0 fully saturated rings. The number of carbonyl (C=O) groups is 1. The van der Waals surface area contributed by atoms with Crippen molar-refractivity contribution < 1.29 is 4.79 Å². The van der Waals surface area contributed by atoms with Crippen molar-refractivity contribution in [3.05, 3.63) is 70.2 Å². The molecule has 2 rings (SSSR count). The van der Waals surface area contributed by atoms with Gasteiger partial charge in [0.25, 0.3) is 0 Å². The molecule has 3 nitrogen and oxygen atoms in total. The molecule has 0 saturated carbocycles. The minimum absolute atomic E-state index is 0.0300. The Hall–Kier alpha value is -1.81. The zero-order valence-electron chi connectivity index (χ0n) is 12.1. The fraction of sp³-hybridized carbons (Fsp3) is 0.235. The molecule has 0 spiro atoms. The predicted molar refractivity (Wildman–Crippen MR) is 89.1 cm³/mol. The lowest BCUT2D eigenvalue weighted by Crippen LogP contribution is -2.38. The molecule has 0 saturated heterocycles. The van der Waals surface area contributed by atoms with E-state index in [2.05, 4.69) is 26.6 Å². The van der Waals surface area contributed by atoms with Crippen LogP contribution in [0.15, 0.2) is 59.1 Å². The van der Waals surface area contributed by atoms with Crippen LogP contribution < -0.4 is 10.6 Å². The van der Waals surface area contributed by atoms with E-state index in [4.69, 9.17) is 0 Å².